The monoisotopic (exact) mass is 208 g/mol. The SMILES string of the molecule is CNc1ncnc2snc(C(C)C)c12. The maximum Gasteiger partial charge on any atom is 0.149 e. The summed E-state index contributed by atoms with van der Waals surface area (Å²) in [4.78, 5) is 9.33. The van der Waals surface area contributed by atoms with Crippen LogP contribution in [0.15, 0.2) is 6.33 Å². The highest BCUT2D eigenvalue weighted by molar-refractivity contribution is 7.13. The van der Waals surface area contributed by atoms with Crippen molar-refractivity contribution in [2.24, 2.45) is 0 Å². The fraction of sp³-hybridized carbons (Fsp3) is 0.444. The predicted molar refractivity (Wildman–Crippen MR) is 58.8 cm³/mol. The van der Waals surface area contributed by atoms with E-state index in [0.29, 0.717) is 5.92 Å². The third-order valence-electron chi connectivity index (χ3n) is 2.08. The van der Waals surface area contributed by atoms with E-state index in [4.69, 9.17) is 0 Å². The molecule has 0 aromatic carbocycles. The van der Waals surface area contributed by atoms with Crippen LogP contribution >= 0.6 is 11.5 Å². The second-order valence-corrected chi connectivity index (χ2v) is 4.13. The first kappa shape index (κ1) is 9.33. The molecule has 0 aliphatic heterocycles. The molecule has 0 fully saturated rings. The van der Waals surface area contributed by atoms with Gasteiger partial charge in [0.1, 0.15) is 17.0 Å². The van der Waals surface area contributed by atoms with Crippen molar-refractivity contribution in [3.63, 3.8) is 0 Å². The van der Waals surface area contributed by atoms with Crippen LogP contribution < -0.4 is 5.32 Å². The molecule has 4 nitrogen and oxygen atoms in total. The number of rotatable bonds is 2. The summed E-state index contributed by atoms with van der Waals surface area (Å²) < 4.78 is 4.40. The third kappa shape index (κ3) is 1.33. The molecule has 0 aliphatic carbocycles. The normalized spacial score (nSPS) is 11.1. The Morgan fingerprint density at radius 3 is 2.79 bits per heavy atom. The van der Waals surface area contributed by atoms with Gasteiger partial charge in [-0.2, -0.15) is 4.37 Å². The number of aromatic nitrogens is 3. The summed E-state index contributed by atoms with van der Waals surface area (Å²) in [7, 11) is 1.86. The van der Waals surface area contributed by atoms with Crippen LogP contribution in [0.2, 0.25) is 0 Å². The van der Waals surface area contributed by atoms with Crippen molar-refractivity contribution in [1.29, 1.82) is 0 Å². The minimum absolute atomic E-state index is 0.404. The first-order valence-corrected chi connectivity index (χ1v) is 5.29. The lowest BCUT2D eigenvalue weighted by atomic mass is 10.1. The van der Waals surface area contributed by atoms with E-state index in [0.717, 1.165) is 21.7 Å². The molecule has 0 saturated heterocycles. The van der Waals surface area contributed by atoms with E-state index in [1.54, 1.807) is 6.33 Å². The predicted octanol–water partition coefficient (Wildman–Crippen LogP) is 2.25. The van der Waals surface area contributed by atoms with Gasteiger partial charge in [-0.15, -0.1) is 0 Å². The molecule has 1 N–H and O–H groups in total. The molecular weight excluding hydrogens is 196 g/mol. The molecule has 0 spiro atoms. The second-order valence-electron chi connectivity index (χ2n) is 3.37. The van der Waals surface area contributed by atoms with E-state index in [1.807, 2.05) is 7.05 Å². The molecule has 0 atom stereocenters. The van der Waals surface area contributed by atoms with Crippen LogP contribution in [0.25, 0.3) is 10.2 Å². The van der Waals surface area contributed by atoms with Crippen molar-refractivity contribution in [2.45, 2.75) is 19.8 Å². The molecule has 74 valence electrons. The van der Waals surface area contributed by atoms with Crippen molar-refractivity contribution in [3.05, 3.63) is 12.0 Å². The van der Waals surface area contributed by atoms with Crippen LogP contribution in [-0.4, -0.2) is 21.4 Å². The van der Waals surface area contributed by atoms with Crippen molar-refractivity contribution in [3.8, 4) is 0 Å². The van der Waals surface area contributed by atoms with Gasteiger partial charge in [0.2, 0.25) is 0 Å². The van der Waals surface area contributed by atoms with E-state index >= 15 is 0 Å². The number of nitrogens with zero attached hydrogens (tertiary/aromatic N) is 3. The summed E-state index contributed by atoms with van der Waals surface area (Å²) in [5, 5.41) is 4.13. The summed E-state index contributed by atoms with van der Waals surface area (Å²) in [6, 6.07) is 0. The van der Waals surface area contributed by atoms with Crippen LogP contribution in [0.1, 0.15) is 25.5 Å². The Kier molecular flexibility index (Phi) is 2.33. The number of fused-ring (bicyclic) bond motifs is 1. The minimum Gasteiger partial charge on any atom is -0.372 e. The van der Waals surface area contributed by atoms with Gasteiger partial charge in [0.25, 0.3) is 0 Å². The molecule has 2 rings (SSSR count). The molecule has 2 heterocycles. The maximum atomic E-state index is 4.40. The molecular formula is C9H12N4S. The summed E-state index contributed by atoms with van der Waals surface area (Å²) in [5.41, 5.74) is 1.08. The van der Waals surface area contributed by atoms with Crippen LogP contribution in [0, 0.1) is 0 Å². The molecule has 0 radical (unpaired) electrons. The van der Waals surface area contributed by atoms with Gasteiger partial charge >= 0.3 is 0 Å². The summed E-state index contributed by atoms with van der Waals surface area (Å²) in [6.07, 6.45) is 1.57. The van der Waals surface area contributed by atoms with Gasteiger partial charge in [-0.1, -0.05) is 13.8 Å². The molecule has 2 aromatic heterocycles. The van der Waals surface area contributed by atoms with Crippen molar-refractivity contribution in [2.75, 3.05) is 12.4 Å². The summed E-state index contributed by atoms with van der Waals surface area (Å²) in [5.74, 6) is 1.27. The van der Waals surface area contributed by atoms with Gasteiger partial charge < -0.3 is 5.32 Å². The minimum atomic E-state index is 0.404. The highest BCUT2D eigenvalue weighted by Crippen LogP contribution is 2.30. The van der Waals surface area contributed by atoms with Crippen LogP contribution in [0.5, 0.6) is 0 Å². The lowest BCUT2D eigenvalue weighted by Crippen LogP contribution is -1.96. The Balaban J connectivity index is 2.74. The Hall–Kier alpha value is -1.23. The highest BCUT2D eigenvalue weighted by Gasteiger charge is 2.14. The Labute approximate surface area is 86.6 Å². The van der Waals surface area contributed by atoms with Gasteiger partial charge in [0, 0.05) is 7.05 Å². The van der Waals surface area contributed by atoms with E-state index in [2.05, 4.69) is 33.5 Å². The zero-order valence-corrected chi connectivity index (χ0v) is 9.22. The molecule has 0 saturated carbocycles. The van der Waals surface area contributed by atoms with E-state index in [9.17, 15) is 0 Å². The maximum absolute atomic E-state index is 4.40. The number of hydrogen-bond acceptors (Lipinski definition) is 5. The average Bonchev–Trinajstić information content (AvgIpc) is 2.60. The molecule has 14 heavy (non-hydrogen) atoms. The first-order chi connectivity index (χ1) is 6.74. The molecule has 2 aromatic rings. The largest absolute Gasteiger partial charge is 0.372 e. The van der Waals surface area contributed by atoms with E-state index in [-0.39, 0.29) is 0 Å². The number of nitrogens with one attached hydrogen (secondary N) is 1. The van der Waals surface area contributed by atoms with Gasteiger partial charge in [-0.05, 0) is 17.5 Å². The molecule has 5 heteroatoms. The number of hydrogen-bond donors (Lipinski definition) is 1. The van der Waals surface area contributed by atoms with Crippen LogP contribution in [0.3, 0.4) is 0 Å². The lowest BCUT2D eigenvalue weighted by molar-refractivity contribution is 0.849. The summed E-state index contributed by atoms with van der Waals surface area (Å²) >= 11 is 1.43. The Morgan fingerprint density at radius 1 is 1.36 bits per heavy atom. The number of anilines is 1. The fourth-order valence-corrected chi connectivity index (χ4v) is 2.26. The van der Waals surface area contributed by atoms with Crippen LogP contribution in [0.4, 0.5) is 5.82 Å². The topological polar surface area (TPSA) is 50.7 Å². The van der Waals surface area contributed by atoms with Crippen molar-refractivity contribution < 1.29 is 0 Å². The quantitative estimate of drug-likeness (QED) is 0.822. The molecule has 0 aliphatic rings. The smallest absolute Gasteiger partial charge is 0.149 e. The van der Waals surface area contributed by atoms with Gasteiger partial charge in [-0.25, -0.2) is 9.97 Å². The third-order valence-corrected chi connectivity index (χ3v) is 2.85. The zero-order valence-electron chi connectivity index (χ0n) is 8.40. The second kappa shape index (κ2) is 3.49. The van der Waals surface area contributed by atoms with E-state index in [1.165, 1.54) is 11.5 Å². The Morgan fingerprint density at radius 2 is 2.14 bits per heavy atom. The fourth-order valence-electron chi connectivity index (χ4n) is 1.39. The van der Waals surface area contributed by atoms with Gasteiger partial charge in [-0.3, -0.25) is 0 Å². The molecule has 0 bridgehead atoms. The van der Waals surface area contributed by atoms with Gasteiger partial charge in [0.05, 0.1) is 11.1 Å². The van der Waals surface area contributed by atoms with Crippen molar-refractivity contribution >= 4 is 27.6 Å². The standard InChI is InChI=1S/C9H12N4S/c1-5(2)7-6-8(10-3)11-4-12-9(6)14-13-7/h4-5H,1-3H3,(H,10,11,12). The van der Waals surface area contributed by atoms with Gasteiger partial charge in [0.15, 0.2) is 0 Å². The van der Waals surface area contributed by atoms with Crippen LogP contribution in [-0.2, 0) is 0 Å². The van der Waals surface area contributed by atoms with E-state index < -0.39 is 0 Å². The highest BCUT2D eigenvalue weighted by atomic mass is 32.1. The average molecular weight is 208 g/mol. The lowest BCUT2D eigenvalue weighted by Gasteiger charge is -2.04. The van der Waals surface area contributed by atoms with Crippen molar-refractivity contribution in [1.82, 2.24) is 14.3 Å². The molecule has 0 unspecified atom stereocenters. The first-order valence-electron chi connectivity index (χ1n) is 4.52. The molecule has 0 amide bonds. The summed E-state index contributed by atoms with van der Waals surface area (Å²) in [6.45, 7) is 4.25. The Bertz CT molecular complexity index is 449. The zero-order chi connectivity index (χ0) is 10.1.